The largest absolute Gasteiger partial charge is 0.378 e. The molecule has 0 bridgehead atoms. The quantitative estimate of drug-likeness (QED) is 0.583. The molecule has 4 heteroatoms. The molecule has 0 aliphatic carbocycles. The molecule has 0 saturated carbocycles. The van der Waals surface area contributed by atoms with Gasteiger partial charge in [0.2, 0.25) is 0 Å². The number of hydrogen-bond acceptors (Lipinski definition) is 3. The standard InChI is InChI=1S/C9H17IO3/c1-9(2,11-3)6-13-8-5-12-4-7(8)10/h7-8H,4-6H2,1-3H3. The van der Waals surface area contributed by atoms with Crippen LogP contribution in [0.15, 0.2) is 0 Å². The molecule has 13 heavy (non-hydrogen) atoms. The van der Waals surface area contributed by atoms with Gasteiger partial charge in [-0.3, -0.25) is 0 Å². The smallest absolute Gasteiger partial charge is 0.0949 e. The molecule has 0 aromatic carbocycles. The van der Waals surface area contributed by atoms with Crippen LogP contribution >= 0.6 is 22.6 Å². The van der Waals surface area contributed by atoms with E-state index in [1.54, 1.807) is 7.11 Å². The fourth-order valence-electron chi connectivity index (χ4n) is 1.03. The molecule has 78 valence electrons. The summed E-state index contributed by atoms with van der Waals surface area (Å²) in [5.41, 5.74) is -0.195. The van der Waals surface area contributed by atoms with Crippen LogP contribution in [0.4, 0.5) is 0 Å². The summed E-state index contributed by atoms with van der Waals surface area (Å²) in [6.45, 7) is 6.18. The Labute approximate surface area is 93.3 Å². The Bertz CT molecular complexity index is 161. The van der Waals surface area contributed by atoms with Gasteiger partial charge in [-0.1, -0.05) is 22.6 Å². The van der Waals surface area contributed by atoms with Crippen LogP contribution in [-0.2, 0) is 14.2 Å². The maximum atomic E-state index is 5.71. The Hall–Kier alpha value is 0.610. The maximum absolute atomic E-state index is 5.71. The van der Waals surface area contributed by atoms with E-state index in [-0.39, 0.29) is 11.7 Å². The van der Waals surface area contributed by atoms with Crippen LogP contribution in [-0.4, -0.2) is 42.6 Å². The highest BCUT2D eigenvalue weighted by Crippen LogP contribution is 2.20. The van der Waals surface area contributed by atoms with Gasteiger partial charge in [-0.25, -0.2) is 0 Å². The summed E-state index contributed by atoms with van der Waals surface area (Å²) < 4.78 is 16.7. The molecule has 1 rings (SSSR count). The first-order chi connectivity index (χ1) is 6.05. The zero-order valence-corrected chi connectivity index (χ0v) is 10.5. The summed E-state index contributed by atoms with van der Waals surface area (Å²) in [6, 6.07) is 0. The van der Waals surface area contributed by atoms with Crippen molar-refractivity contribution in [2.45, 2.75) is 29.5 Å². The number of hydrogen-bond donors (Lipinski definition) is 0. The van der Waals surface area contributed by atoms with E-state index in [0.29, 0.717) is 17.1 Å². The Balaban J connectivity index is 2.25. The van der Waals surface area contributed by atoms with Gasteiger partial charge in [-0.05, 0) is 13.8 Å². The van der Waals surface area contributed by atoms with Gasteiger partial charge in [0.25, 0.3) is 0 Å². The van der Waals surface area contributed by atoms with E-state index in [1.165, 1.54) is 0 Å². The van der Waals surface area contributed by atoms with Gasteiger partial charge in [0.15, 0.2) is 0 Å². The third-order valence-corrected chi connectivity index (χ3v) is 3.32. The van der Waals surface area contributed by atoms with Crippen LogP contribution in [0.5, 0.6) is 0 Å². The Kier molecular flexibility index (Phi) is 4.41. The van der Waals surface area contributed by atoms with E-state index >= 15 is 0 Å². The fourth-order valence-corrected chi connectivity index (χ4v) is 1.70. The number of methoxy groups -OCH3 is 1. The first-order valence-corrected chi connectivity index (χ1v) is 5.68. The van der Waals surface area contributed by atoms with Crippen LogP contribution in [0.2, 0.25) is 0 Å². The zero-order valence-electron chi connectivity index (χ0n) is 8.38. The Morgan fingerprint density at radius 2 is 2.15 bits per heavy atom. The molecule has 2 unspecified atom stereocenters. The van der Waals surface area contributed by atoms with Crippen molar-refractivity contribution < 1.29 is 14.2 Å². The van der Waals surface area contributed by atoms with E-state index in [2.05, 4.69) is 22.6 Å². The zero-order chi connectivity index (χ0) is 9.90. The third kappa shape index (κ3) is 3.69. The van der Waals surface area contributed by atoms with Crippen molar-refractivity contribution in [1.29, 1.82) is 0 Å². The summed E-state index contributed by atoms with van der Waals surface area (Å²) in [6.07, 6.45) is 0.232. The minimum Gasteiger partial charge on any atom is -0.378 e. The van der Waals surface area contributed by atoms with E-state index in [1.807, 2.05) is 13.8 Å². The summed E-state index contributed by atoms with van der Waals surface area (Å²) in [4.78, 5) is 0. The van der Waals surface area contributed by atoms with Crippen molar-refractivity contribution in [3.05, 3.63) is 0 Å². The van der Waals surface area contributed by atoms with Crippen LogP contribution in [0.25, 0.3) is 0 Å². The summed E-state index contributed by atoms with van der Waals surface area (Å²) in [5, 5.41) is 0. The van der Waals surface area contributed by atoms with Gasteiger partial charge in [0.1, 0.15) is 0 Å². The molecule has 2 atom stereocenters. The molecule has 1 saturated heterocycles. The average molecular weight is 300 g/mol. The number of rotatable bonds is 4. The minimum absolute atomic E-state index is 0.195. The van der Waals surface area contributed by atoms with Crippen molar-refractivity contribution in [2.75, 3.05) is 26.9 Å². The Morgan fingerprint density at radius 1 is 1.46 bits per heavy atom. The third-order valence-electron chi connectivity index (χ3n) is 2.16. The second kappa shape index (κ2) is 4.91. The number of ether oxygens (including phenoxy) is 3. The number of alkyl halides is 1. The highest BCUT2D eigenvalue weighted by Gasteiger charge is 2.28. The van der Waals surface area contributed by atoms with Gasteiger partial charge in [0.05, 0.1) is 35.5 Å². The molecule has 0 radical (unpaired) electrons. The molecular formula is C9H17IO3. The van der Waals surface area contributed by atoms with Crippen LogP contribution in [0.3, 0.4) is 0 Å². The van der Waals surface area contributed by atoms with Crippen molar-refractivity contribution in [3.63, 3.8) is 0 Å². The molecule has 0 aromatic heterocycles. The molecular weight excluding hydrogens is 283 g/mol. The molecule has 3 nitrogen and oxygen atoms in total. The molecule has 0 amide bonds. The second-order valence-electron chi connectivity index (χ2n) is 3.87. The molecule has 1 aliphatic heterocycles. The maximum Gasteiger partial charge on any atom is 0.0949 e. The van der Waals surface area contributed by atoms with Crippen molar-refractivity contribution >= 4 is 22.6 Å². The van der Waals surface area contributed by atoms with Gasteiger partial charge < -0.3 is 14.2 Å². The van der Waals surface area contributed by atoms with E-state index in [0.717, 1.165) is 6.61 Å². The van der Waals surface area contributed by atoms with Gasteiger partial charge in [-0.15, -0.1) is 0 Å². The first-order valence-electron chi connectivity index (χ1n) is 4.44. The van der Waals surface area contributed by atoms with Crippen molar-refractivity contribution in [1.82, 2.24) is 0 Å². The molecule has 0 aromatic rings. The van der Waals surface area contributed by atoms with Crippen LogP contribution in [0.1, 0.15) is 13.8 Å². The monoisotopic (exact) mass is 300 g/mol. The van der Waals surface area contributed by atoms with E-state index in [4.69, 9.17) is 14.2 Å². The predicted molar refractivity (Wildman–Crippen MR) is 59.5 cm³/mol. The predicted octanol–water partition coefficient (Wildman–Crippen LogP) is 1.63. The lowest BCUT2D eigenvalue weighted by molar-refractivity contribution is -0.0738. The molecule has 0 spiro atoms. The van der Waals surface area contributed by atoms with Gasteiger partial charge in [0, 0.05) is 7.11 Å². The normalized spacial score (nSPS) is 29.5. The van der Waals surface area contributed by atoms with Crippen molar-refractivity contribution in [3.8, 4) is 0 Å². The highest BCUT2D eigenvalue weighted by molar-refractivity contribution is 14.1. The Morgan fingerprint density at radius 3 is 2.62 bits per heavy atom. The minimum atomic E-state index is -0.195. The lowest BCUT2D eigenvalue weighted by atomic mass is 10.1. The first kappa shape index (κ1) is 11.7. The van der Waals surface area contributed by atoms with Crippen molar-refractivity contribution in [2.24, 2.45) is 0 Å². The fraction of sp³-hybridized carbons (Fsp3) is 1.00. The SMILES string of the molecule is COC(C)(C)COC1COCC1I. The summed E-state index contributed by atoms with van der Waals surface area (Å²) in [7, 11) is 1.70. The summed E-state index contributed by atoms with van der Waals surface area (Å²) in [5.74, 6) is 0. The van der Waals surface area contributed by atoms with Crippen LogP contribution in [0, 0.1) is 0 Å². The topological polar surface area (TPSA) is 27.7 Å². The number of halogens is 1. The van der Waals surface area contributed by atoms with E-state index in [9.17, 15) is 0 Å². The van der Waals surface area contributed by atoms with E-state index < -0.39 is 0 Å². The average Bonchev–Trinajstić information content (AvgIpc) is 2.48. The molecule has 0 N–H and O–H groups in total. The molecule has 1 aliphatic rings. The molecule has 1 heterocycles. The molecule has 1 fully saturated rings. The van der Waals surface area contributed by atoms with Crippen LogP contribution < -0.4 is 0 Å². The lowest BCUT2D eigenvalue weighted by Gasteiger charge is -2.25. The lowest BCUT2D eigenvalue weighted by Crippen LogP contribution is -2.34. The van der Waals surface area contributed by atoms with Gasteiger partial charge in [-0.2, -0.15) is 0 Å². The second-order valence-corrected chi connectivity index (χ2v) is 5.47. The highest BCUT2D eigenvalue weighted by atomic mass is 127. The summed E-state index contributed by atoms with van der Waals surface area (Å²) >= 11 is 2.37. The van der Waals surface area contributed by atoms with Gasteiger partial charge >= 0.3 is 0 Å².